The number of halogens is 2. The first-order valence-electron chi connectivity index (χ1n) is 5.44. The summed E-state index contributed by atoms with van der Waals surface area (Å²) >= 11 is 3.42. The number of Topliss-reactive ketones (excluding diaryl/α,β-unsaturated/α-hetero) is 1. The maximum atomic E-state index is 12.3. The first-order valence-corrected chi connectivity index (χ1v) is 6.36. The quantitative estimate of drug-likeness (QED) is 0.589. The van der Waals surface area contributed by atoms with Gasteiger partial charge in [-0.25, -0.2) is 0 Å². The van der Waals surface area contributed by atoms with Gasteiger partial charge in [0.15, 0.2) is 5.78 Å². The molecule has 0 aliphatic rings. The largest absolute Gasteiger partial charge is 0.497 e. The fourth-order valence-corrected chi connectivity index (χ4v) is 2.18. The van der Waals surface area contributed by atoms with Crippen molar-refractivity contribution in [3.63, 3.8) is 0 Å². The summed E-state index contributed by atoms with van der Waals surface area (Å²) in [5.41, 5.74) is 1.51. The Balaban J connectivity index is 0.00000180. The van der Waals surface area contributed by atoms with Gasteiger partial charge in [-0.15, -0.1) is 17.0 Å². The van der Waals surface area contributed by atoms with Crippen molar-refractivity contribution >= 4 is 38.7 Å². The number of benzene rings is 1. The number of alkyl halides is 1. The number of aromatic nitrogens is 1. The molecule has 0 aliphatic carbocycles. The second-order valence-electron chi connectivity index (χ2n) is 3.74. The first kappa shape index (κ1) is 15.9. The molecule has 0 N–H and O–H groups in total. The van der Waals surface area contributed by atoms with E-state index in [4.69, 9.17) is 4.74 Å². The summed E-state index contributed by atoms with van der Waals surface area (Å²) in [5.74, 6) is 0.676. The smallest absolute Gasteiger partial charge is 0.181 e. The molecule has 1 aromatic carbocycles. The first-order chi connectivity index (χ1) is 8.72. The van der Waals surface area contributed by atoms with Gasteiger partial charge in [0, 0.05) is 18.0 Å². The molecule has 100 valence electrons. The molecule has 1 aromatic heterocycles. The lowest BCUT2D eigenvalue weighted by molar-refractivity contribution is 0.0991. The van der Waals surface area contributed by atoms with Crippen LogP contribution in [0, 0.1) is 0 Å². The summed E-state index contributed by atoms with van der Waals surface area (Å²) in [6, 6.07) is 10.8. The van der Waals surface area contributed by atoms with Crippen LogP contribution in [0.3, 0.4) is 0 Å². The molecule has 1 unspecified atom stereocenters. The molecule has 0 aliphatic heterocycles. The predicted molar refractivity (Wildman–Crippen MR) is 83.6 cm³/mol. The van der Waals surface area contributed by atoms with E-state index in [-0.39, 0.29) is 27.6 Å². The van der Waals surface area contributed by atoms with Gasteiger partial charge in [0.05, 0.1) is 7.11 Å². The Bertz CT molecular complexity index is 546. The lowest BCUT2D eigenvalue weighted by Crippen LogP contribution is -2.07. The molecule has 1 heterocycles. The lowest BCUT2D eigenvalue weighted by Gasteiger charge is -2.09. The fraction of sp³-hybridized carbons (Fsp3) is 0.143. The van der Waals surface area contributed by atoms with E-state index in [9.17, 15) is 4.79 Å². The van der Waals surface area contributed by atoms with E-state index in [0.717, 1.165) is 5.56 Å². The highest BCUT2D eigenvalue weighted by Crippen LogP contribution is 2.27. The molecule has 0 spiro atoms. The van der Waals surface area contributed by atoms with Crippen LogP contribution < -0.4 is 4.74 Å². The van der Waals surface area contributed by atoms with Gasteiger partial charge >= 0.3 is 0 Å². The summed E-state index contributed by atoms with van der Waals surface area (Å²) in [6.07, 6.45) is 3.34. The van der Waals surface area contributed by atoms with Crippen molar-refractivity contribution in [2.45, 2.75) is 4.83 Å². The summed E-state index contributed by atoms with van der Waals surface area (Å²) in [6.45, 7) is 0. The highest BCUT2D eigenvalue weighted by Gasteiger charge is 2.19. The van der Waals surface area contributed by atoms with Gasteiger partial charge in [-0.05, 0) is 29.8 Å². The van der Waals surface area contributed by atoms with Crippen molar-refractivity contribution in [3.05, 3.63) is 59.9 Å². The standard InChI is InChI=1S/C14H12BrNO2.BrH/c1-18-12-4-2-3-11(9-12)14(17)13(15)10-5-7-16-8-6-10;/h2-9,13H,1H3;1H. The molecule has 0 saturated heterocycles. The SMILES string of the molecule is Br.COc1cccc(C(=O)C(Br)c2ccncc2)c1. The van der Waals surface area contributed by atoms with Gasteiger partial charge in [-0.1, -0.05) is 28.1 Å². The summed E-state index contributed by atoms with van der Waals surface area (Å²) in [5, 5.41) is 0. The predicted octanol–water partition coefficient (Wildman–Crippen LogP) is 3.99. The van der Waals surface area contributed by atoms with E-state index in [2.05, 4.69) is 20.9 Å². The molecule has 3 nitrogen and oxygen atoms in total. The number of pyridine rings is 1. The number of ether oxygens (including phenoxy) is 1. The van der Waals surface area contributed by atoms with Crippen LogP contribution in [-0.4, -0.2) is 17.9 Å². The van der Waals surface area contributed by atoms with Gasteiger partial charge in [0.2, 0.25) is 0 Å². The zero-order valence-electron chi connectivity index (χ0n) is 10.2. The molecule has 0 fully saturated rings. The third kappa shape index (κ3) is 3.88. The van der Waals surface area contributed by atoms with Crippen LogP contribution in [0.15, 0.2) is 48.8 Å². The van der Waals surface area contributed by atoms with Crippen molar-refractivity contribution in [1.82, 2.24) is 4.98 Å². The van der Waals surface area contributed by atoms with Crippen LogP contribution in [0.25, 0.3) is 0 Å². The van der Waals surface area contributed by atoms with E-state index >= 15 is 0 Å². The lowest BCUT2D eigenvalue weighted by atomic mass is 10.0. The van der Waals surface area contributed by atoms with Crippen LogP contribution in [0.4, 0.5) is 0 Å². The molecule has 2 aromatic rings. The van der Waals surface area contributed by atoms with Crippen LogP contribution >= 0.6 is 32.9 Å². The minimum atomic E-state index is -0.368. The zero-order chi connectivity index (χ0) is 13.0. The molecular weight excluding hydrogens is 374 g/mol. The fourth-order valence-electron chi connectivity index (χ4n) is 1.61. The van der Waals surface area contributed by atoms with E-state index in [0.29, 0.717) is 11.3 Å². The van der Waals surface area contributed by atoms with Crippen molar-refractivity contribution in [2.75, 3.05) is 7.11 Å². The molecule has 0 radical (unpaired) electrons. The van der Waals surface area contributed by atoms with Crippen molar-refractivity contribution in [2.24, 2.45) is 0 Å². The number of ketones is 1. The molecule has 0 bridgehead atoms. The van der Waals surface area contributed by atoms with Gasteiger partial charge < -0.3 is 4.74 Å². The molecule has 1 atom stereocenters. The summed E-state index contributed by atoms with van der Waals surface area (Å²) < 4.78 is 5.11. The average molecular weight is 387 g/mol. The monoisotopic (exact) mass is 385 g/mol. The third-order valence-corrected chi connectivity index (χ3v) is 3.53. The van der Waals surface area contributed by atoms with E-state index < -0.39 is 0 Å². The normalized spacial score (nSPS) is 11.3. The van der Waals surface area contributed by atoms with Gasteiger partial charge in [0.1, 0.15) is 10.6 Å². The van der Waals surface area contributed by atoms with Crippen molar-refractivity contribution < 1.29 is 9.53 Å². The van der Waals surface area contributed by atoms with Crippen molar-refractivity contribution in [3.8, 4) is 5.75 Å². The minimum Gasteiger partial charge on any atom is -0.497 e. The molecular formula is C14H13Br2NO2. The Kier molecular flexibility index (Phi) is 6.18. The number of nitrogens with zero attached hydrogens (tertiary/aromatic N) is 1. The van der Waals surface area contributed by atoms with Crippen LogP contribution in [-0.2, 0) is 0 Å². The van der Waals surface area contributed by atoms with E-state index in [1.807, 2.05) is 18.2 Å². The molecule has 19 heavy (non-hydrogen) atoms. The summed E-state index contributed by atoms with van der Waals surface area (Å²) in [4.78, 5) is 15.9. The molecule has 0 saturated carbocycles. The Morgan fingerprint density at radius 3 is 2.58 bits per heavy atom. The molecule has 2 rings (SSSR count). The third-order valence-electron chi connectivity index (χ3n) is 2.58. The minimum absolute atomic E-state index is 0. The second-order valence-corrected chi connectivity index (χ2v) is 4.65. The Morgan fingerprint density at radius 2 is 1.95 bits per heavy atom. The van der Waals surface area contributed by atoms with Gasteiger partial charge in [0.25, 0.3) is 0 Å². The molecule has 5 heteroatoms. The number of methoxy groups -OCH3 is 1. The van der Waals surface area contributed by atoms with E-state index in [1.54, 1.807) is 37.7 Å². The maximum absolute atomic E-state index is 12.3. The zero-order valence-corrected chi connectivity index (χ0v) is 13.5. The number of rotatable bonds is 4. The van der Waals surface area contributed by atoms with Gasteiger partial charge in [-0.2, -0.15) is 0 Å². The van der Waals surface area contributed by atoms with Gasteiger partial charge in [-0.3, -0.25) is 9.78 Å². The second kappa shape index (κ2) is 7.40. The average Bonchev–Trinajstić information content (AvgIpc) is 2.46. The van der Waals surface area contributed by atoms with E-state index in [1.165, 1.54) is 0 Å². The number of carbonyl (C=O) groups excluding carboxylic acids is 1. The summed E-state index contributed by atoms with van der Waals surface area (Å²) in [7, 11) is 1.58. The van der Waals surface area contributed by atoms with Crippen molar-refractivity contribution in [1.29, 1.82) is 0 Å². The molecule has 0 amide bonds. The van der Waals surface area contributed by atoms with Crippen LogP contribution in [0.1, 0.15) is 20.7 Å². The number of carbonyl (C=O) groups is 1. The highest BCUT2D eigenvalue weighted by atomic mass is 79.9. The van der Waals surface area contributed by atoms with Crippen LogP contribution in [0.2, 0.25) is 0 Å². The maximum Gasteiger partial charge on any atom is 0.181 e. The number of hydrogen-bond donors (Lipinski definition) is 0. The topological polar surface area (TPSA) is 39.2 Å². The van der Waals surface area contributed by atoms with Crippen LogP contribution in [0.5, 0.6) is 5.75 Å². The Labute approximate surface area is 130 Å². The Hall–Kier alpha value is -1.20. The highest BCUT2D eigenvalue weighted by molar-refractivity contribution is 9.09. The number of hydrogen-bond acceptors (Lipinski definition) is 3. The Morgan fingerprint density at radius 1 is 1.26 bits per heavy atom.